The molecule has 3 amide bonds. The van der Waals surface area contributed by atoms with Crippen molar-refractivity contribution in [2.75, 3.05) is 43.5 Å². The Morgan fingerprint density at radius 1 is 0.971 bits per heavy atom. The average Bonchev–Trinajstić information content (AvgIpc) is 3.40. The first-order chi connectivity index (χ1) is 16.4. The van der Waals surface area contributed by atoms with Crippen molar-refractivity contribution in [1.82, 2.24) is 10.2 Å². The largest absolute Gasteiger partial charge is 0.453 e. The molecule has 1 heterocycles. The fraction of sp³-hybridized carbons (Fsp3) is 0.640. The molecule has 1 aromatic carbocycles. The summed E-state index contributed by atoms with van der Waals surface area (Å²) in [5, 5.41) is 5.86. The molecule has 2 aliphatic carbocycles. The van der Waals surface area contributed by atoms with Crippen LogP contribution in [-0.2, 0) is 9.53 Å². The molecule has 1 saturated heterocycles. The lowest BCUT2D eigenvalue weighted by Gasteiger charge is -2.38. The smallest absolute Gasteiger partial charge is 0.411 e. The van der Waals surface area contributed by atoms with Crippen LogP contribution in [0.5, 0.6) is 0 Å². The van der Waals surface area contributed by atoms with Gasteiger partial charge >= 0.3 is 6.09 Å². The zero-order valence-electron chi connectivity index (χ0n) is 20.1. The van der Waals surface area contributed by atoms with Gasteiger partial charge in [-0.15, -0.1) is 0 Å². The van der Waals surface area contributed by atoms with Gasteiger partial charge in [-0.25, -0.2) is 4.79 Å². The lowest BCUT2D eigenvalue weighted by Crippen LogP contribution is -2.50. The van der Waals surface area contributed by atoms with Gasteiger partial charge in [0.2, 0.25) is 5.91 Å². The second kappa shape index (κ2) is 11.1. The molecule has 9 nitrogen and oxygen atoms in total. The molecule has 0 unspecified atom stereocenters. The fourth-order valence-corrected chi connectivity index (χ4v) is 5.35. The maximum absolute atomic E-state index is 12.9. The maximum Gasteiger partial charge on any atom is 0.411 e. The van der Waals surface area contributed by atoms with Gasteiger partial charge < -0.3 is 25.6 Å². The second-order valence-corrected chi connectivity index (χ2v) is 9.73. The molecule has 0 bridgehead atoms. The van der Waals surface area contributed by atoms with Crippen LogP contribution in [0.25, 0.3) is 0 Å². The average molecular weight is 472 g/mol. The van der Waals surface area contributed by atoms with Gasteiger partial charge in [-0.2, -0.15) is 0 Å². The maximum atomic E-state index is 12.9. The van der Waals surface area contributed by atoms with E-state index in [9.17, 15) is 14.4 Å². The predicted molar refractivity (Wildman–Crippen MR) is 131 cm³/mol. The van der Waals surface area contributed by atoms with Crippen LogP contribution in [-0.4, -0.2) is 68.2 Å². The highest BCUT2D eigenvalue weighted by atomic mass is 16.5. The van der Waals surface area contributed by atoms with E-state index in [1.165, 1.54) is 7.11 Å². The van der Waals surface area contributed by atoms with Crippen molar-refractivity contribution in [2.45, 2.75) is 63.5 Å². The molecule has 0 atom stereocenters. The highest BCUT2D eigenvalue weighted by Gasteiger charge is 2.30. The Balaban J connectivity index is 1.43. The Kier molecular flexibility index (Phi) is 7.92. The zero-order chi connectivity index (χ0) is 24.1. The number of carbonyl (C=O) groups excluding carboxylic acids is 3. The van der Waals surface area contributed by atoms with Crippen LogP contribution in [0.3, 0.4) is 0 Å². The summed E-state index contributed by atoms with van der Waals surface area (Å²) in [6.45, 7) is 2.64. The van der Waals surface area contributed by atoms with E-state index in [2.05, 4.69) is 15.5 Å². The van der Waals surface area contributed by atoms with Crippen LogP contribution in [0.15, 0.2) is 18.2 Å². The summed E-state index contributed by atoms with van der Waals surface area (Å²) in [7, 11) is 1.31. The van der Waals surface area contributed by atoms with Crippen LogP contribution < -0.4 is 21.3 Å². The Labute approximate surface area is 201 Å². The monoisotopic (exact) mass is 471 g/mol. The number of nitrogens with zero attached hydrogens (tertiary/aromatic N) is 2. The van der Waals surface area contributed by atoms with Crippen LogP contribution in [0.4, 0.5) is 16.2 Å². The molecule has 9 heteroatoms. The van der Waals surface area contributed by atoms with Crippen molar-refractivity contribution < 1.29 is 19.1 Å². The Bertz CT molecular complexity index is 885. The molecule has 1 aromatic rings. The van der Waals surface area contributed by atoms with Crippen molar-refractivity contribution in [1.29, 1.82) is 0 Å². The lowest BCUT2D eigenvalue weighted by molar-refractivity contribution is -0.135. The van der Waals surface area contributed by atoms with Crippen LogP contribution in [0.2, 0.25) is 0 Å². The van der Waals surface area contributed by atoms with Gasteiger partial charge in [0.05, 0.1) is 18.5 Å². The number of hydrogen-bond donors (Lipinski definition) is 3. The highest BCUT2D eigenvalue weighted by molar-refractivity contribution is 5.98. The summed E-state index contributed by atoms with van der Waals surface area (Å²) < 4.78 is 4.80. The van der Waals surface area contributed by atoms with Gasteiger partial charge in [-0.3, -0.25) is 14.9 Å². The van der Waals surface area contributed by atoms with Crippen molar-refractivity contribution in [3.8, 4) is 0 Å². The van der Waals surface area contributed by atoms with Gasteiger partial charge in [0.15, 0.2) is 0 Å². The number of amides is 3. The molecule has 3 fully saturated rings. The number of rotatable bonds is 5. The normalized spacial score (nSPS) is 23.5. The van der Waals surface area contributed by atoms with Crippen LogP contribution in [0, 0.1) is 5.92 Å². The van der Waals surface area contributed by atoms with Gasteiger partial charge in [0.25, 0.3) is 5.91 Å². The first-order valence-electron chi connectivity index (χ1n) is 12.5. The van der Waals surface area contributed by atoms with Gasteiger partial charge in [-0.05, 0) is 56.7 Å². The van der Waals surface area contributed by atoms with Crippen LogP contribution in [0.1, 0.15) is 61.7 Å². The lowest BCUT2D eigenvalue weighted by atomic mass is 9.91. The third-order valence-corrected chi connectivity index (χ3v) is 7.42. The Morgan fingerprint density at radius 2 is 1.65 bits per heavy atom. The molecular weight excluding hydrogens is 434 g/mol. The predicted octanol–water partition coefficient (Wildman–Crippen LogP) is 2.70. The van der Waals surface area contributed by atoms with E-state index in [-0.39, 0.29) is 29.8 Å². The van der Waals surface area contributed by atoms with E-state index in [1.54, 1.807) is 12.1 Å². The number of benzene rings is 1. The molecule has 0 aromatic heterocycles. The number of hydrogen-bond acceptors (Lipinski definition) is 6. The number of anilines is 2. The second-order valence-electron chi connectivity index (χ2n) is 9.73. The number of nitrogens with one attached hydrogen (secondary N) is 2. The number of carbonyl (C=O) groups is 3. The van der Waals surface area contributed by atoms with Crippen LogP contribution >= 0.6 is 0 Å². The van der Waals surface area contributed by atoms with Gasteiger partial charge in [-0.1, -0.05) is 12.8 Å². The number of methoxy groups -OCH3 is 1. The molecule has 2 saturated carbocycles. The first-order valence-corrected chi connectivity index (χ1v) is 12.5. The number of piperazine rings is 1. The van der Waals surface area contributed by atoms with Crippen molar-refractivity contribution >= 4 is 29.3 Å². The van der Waals surface area contributed by atoms with E-state index >= 15 is 0 Å². The molecule has 0 spiro atoms. The summed E-state index contributed by atoms with van der Waals surface area (Å²) in [6.07, 6.45) is 7.29. The molecular formula is C25H37N5O4. The topological polar surface area (TPSA) is 117 Å². The molecule has 0 radical (unpaired) electrons. The minimum atomic E-state index is -0.588. The van der Waals surface area contributed by atoms with E-state index in [0.717, 1.165) is 57.1 Å². The van der Waals surface area contributed by atoms with E-state index in [1.807, 2.05) is 11.0 Å². The molecule has 34 heavy (non-hydrogen) atoms. The quantitative estimate of drug-likeness (QED) is 0.608. The van der Waals surface area contributed by atoms with Crippen molar-refractivity contribution in [3.63, 3.8) is 0 Å². The van der Waals surface area contributed by atoms with Gasteiger partial charge in [0.1, 0.15) is 0 Å². The van der Waals surface area contributed by atoms with E-state index in [4.69, 9.17) is 10.5 Å². The molecule has 3 aliphatic rings. The Hall–Kier alpha value is -2.81. The van der Waals surface area contributed by atoms with Crippen molar-refractivity contribution in [2.24, 2.45) is 11.7 Å². The van der Waals surface area contributed by atoms with Crippen molar-refractivity contribution in [3.05, 3.63) is 23.8 Å². The zero-order valence-corrected chi connectivity index (χ0v) is 20.1. The summed E-state index contributed by atoms with van der Waals surface area (Å²) in [6, 6.07) is 5.70. The minimum absolute atomic E-state index is 0.120. The van der Waals surface area contributed by atoms with E-state index < -0.39 is 6.09 Å². The fourth-order valence-electron chi connectivity index (χ4n) is 5.35. The molecule has 4 rings (SSSR count). The molecule has 186 valence electrons. The summed E-state index contributed by atoms with van der Waals surface area (Å²) in [5.41, 5.74) is 7.80. The first kappa shape index (κ1) is 24.3. The van der Waals surface area contributed by atoms with Gasteiger partial charge in [0, 0.05) is 49.7 Å². The minimum Gasteiger partial charge on any atom is -0.453 e. The standard InChI is InChI=1S/C25H37N5O4/c1-34-25(33)28-21-16-18(23(31)27-20-9-7-19(26)8-10-20)6-11-22(21)29-12-14-30(15-13-29)24(32)17-4-2-3-5-17/h6,11,16-17,19-20H,2-5,7-10,12-15,26H2,1H3,(H,27,31)(H,28,33). The third-order valence-electron chi connectivity index (χ3n) is 7.42. The van der Waals surface area contributed by atoms with E-state index in [0.29, 0.717) is 37.4 Å². The SMILES string of the molecule is COC(=O)Nc1cc(C(=O)NC2CCC(N)CC2)ccc1N1CCN(C(=O)C2CCCC2)CC1. The molecule has 1 aliphatic heterocycles. The summed E-state index contributed by atoms with van der Waals surface area (Å²) in [5.74, 6) is 0.300. The Morgan fingerprint density at radius 3 is 2.29 bits per heavy atom. The highest BCUT2D eigenvalue weighted by Crippen LogP contribution is 2.31. The third kappa shape index (κ3) is 5.81. The number of nitrogens with two attached hydrogens (primary N) is 1. The number of ether oxygens (including phenoxy) is 1. The molecule has 4 N–H and O–H groups in total. The summed E-state index contributed by atoms with van der Waals surface area (Å²) >= 11 is 0. The summed E-state index contributed by atoms with van der Waals surface area (Å²) in [4.78, 5) is 41.8.